The maximum atomic E-state index is 5.63. The van der Waals surface area contributed by atoms with E-state index in [2.05, 4.69) is 53.6 Å². The highest BCUT2D eigenvalue weighted by Gasteiger charge is 2.16. The van der Waals surface area contributed by atoms with Gasteiger partial charge in [-0.15, -0.1) is 24.0 Å². The van der Waals surface area contributed by atoms with Gasteiger partial charge < -0.3 is 20.1 Å². The van der Waals surface area contributed by atoms with Crippen LogP contribution in [0.25, 0.3) is 0 Å². The van der Waals surface area contributed by atoms with Crippen LogP contribution in [0.15, 0.2) is 29.3 Å². The zero-order chi connectivity index (χ0) is 19.3. The molecule has 2 rings (SSSR count). The molecular formula is C21H37IN4O2. The third-order valence-corrected chi connectivity index (χ3v) is 4.45. The van der Waals surface area contributed by atoms with E-state index >= 15 is 0 Å². The van der Waals surface area contributed by atoms with Crippen molar-refractivity contribution < 1.29 is 9.47 Å². The summed E-state index contributed by atoms with van der Waals surface area (Å²) in [5.74, 6) is 0.862. The summed E-state index contributed by atoms with van der Waals surface area (Å²) >= 11 is 0. The molecule has 0 radical (unpaired) electrons. The summed E-state index contributed by atoms with van der Waals surface area (Å²) in [5.41, 5.74) is 2.58. The van der Waals surface area contributed by atoms with Gasteiger partial charge in [-0.3, -0.25) is 4.90 Å². The Hall–Kier alpha value is -0.900. The van der Waals surface area contributed by atoms with Gasteiger partial charge in [0.15, 0.2) is 5.96 Å². The minimum atomic E-state index is 0. The fraction of sp³-hybridized carbons (Fsp3) is 0.667. The molecule has 0 spiro atoms. The van der Waals surface area contributed by atoms with Gasteiger partial charge in [-0.05, 0) is 38.3 Å². The first-order valence-corrected chi connectivity index (χ1v) is 10.2. The van der Waals surface area contributed by atoms with Gasteiger partial charge >= 0.3 is 0 Å². The Morgan fingerprint density at radius 1 is 1.29 bits per heavy atom. The maximum Gasteiger partial charge on any atom is 0.191 e. The second-order valence-electron chi connectivity index (χ2n) is 6.91. The number of rotatable bonds is 10. The van der Waals surface area contributed by atoms with E-state index in [9.17, 15) is 0 Å². The van der Waals surface area contributed by atoms with Crippen molar-refractivity contribution in [2.75, 3.05) is 46.0 Å². The van der Waals surface area contributed by atoms with E-state index < -0.39 is 0 Å². The van der Waals surface area contributed by atoms with Gasteiger partial charge in [0.25, 0.3) is 0 Å². The highest BCUT2D eigenvalue weighted by atomic mass is 127. The monoisotopic (exact) mass is 504 g/mol. The second kappa shape index (κ2) is 15.0. The highest BCUT2D eigenvalue weighted by molar-refractivity contribution is 14.0. The molecule has 6 nitrogen and oxygen atoms in total. The molecule has 0 saturated carbocycles. The van der Waals surface area contributed by atoms with Crippen LogP contribution in [0.2, 0.25) is 0 Å². The highest BCUT2D eigenvalue weighted by Crippen LogP contribution is 2.12. The predicted octanol–water partition coefficient (Wildman–Crippen LogP) is 3.01. The number of morpholine rings is 1. The van der Waals surface area contributed by atoms with Gasteiger partial charge in [0.2, 0.25) is 0 Å². The van der Waals surface area contributed by atoms with Gasteiger partial charge in [0, 0.05) is 45.9 Å². The Morgan fingerprint density at radius 2 is 2.11 bits per heavy atom. The van der Waals surface area contributed by atoms with Gasteiger partial charge in [0.05, 0.1) is 19.3 Å². The molecule has 1 unspecified atom stereocenters. The molecule has 0 aromatic heterocycles. The third kappa shape index (κ3) is 10.0. The number of halogens is 1. The number of ether oxygens (including phenoxy) is 2. The van der Waals surface area contributed by atoms with Crippen LogP contribution in [0.3, 0.4) is 0 Å². The van der Waals surface area contributed by atoms with E-state index in [1.54, 1.807) is 0 Å². The number of aliphatic imine (C=N–C) groups is 1. The lowest BCUT2D eigenvalue weighted by Gasteiger charge is -2.31. The quantitative estimate of drug-likeness (QED) is 0.222. The van der Waals surface area contributed by atoms with Crippen molar-refractivity contribution in [3.63, 3.8) is 0 Å². The summed E-state index contributed by atoms with van der Waals surface area (Å²) in [6.45, 7) is 14.0. The molecule has 160 valence electrons. The fourth-order valence-corrected chi connectivity index (χ4v) is 3.16. The molecular weight excluding hydrogens is 467 g/mol. The Morgan fingerprint density at radius 3 is 2.86 bits per heavy atom. The van der Waals surface area contributed by atoms with Crippen molar-refractivity contribution >= 4 is 29.9 Å². The first kappa shape index (κ1) is 25.1. The average Bonchev–Trinajstić information content (AvgIpc) is 2.66. The van der Waals surface area contributed by atoms with Crippen molar-refractivity contribution in [2.45, 2.75) is 46.4 Å². The zero-order valence-corrected chi connectivity index (χ0v) is 19.9. The van der Waals surface area contributed by atoms with Crippen molar-refractivity contribution in [1.82, 2.24) is 15.5 Å². The minimum Gasteiger partial charge on any atom is -0.382 e. The molecule has 1 saturated heterocycles. The van der Waals surface area contributed by atoms with Gasteiger partial charge in [-0.25, -0.2) is 4.99 Å². The van der Waals surface area contributed by atoms with Gasteiger partial charge in [-0.1, -0.05) is 24.3 Å². The Balaban J connectivity index is 0.00000392. The molecule has 1 aromatic carbocycles. The van der Waals surface area contributed by atoms with E-state index in [1.807, 2.05) is 6.92 Å². The first-order chi connectivity index (χ1) is 13.2. The molecule has 1 heterocycles. The van der Waals surface area contributed by atoms with E-state index in [4.69, 9.17) is 14.5 Å². The molecule has 0 aliphatic carbocycles. The summed E-state index contributed by atoms with van der Waals surface area (Å²) in [6.07, 6.45) is 1.30. The van der Waals surface area contributed by atoms with Crippen LogP contribution in [0, 0.1) is 0 Å². The Kier molecular flexibility index (Phi) is 13.5. The van der Waals surface area contributed by atoms with E-state index in [1.165, 1.54) is 11.1 Å². The van der Waals surface area contributed by atoms with Crippen LogP contribution >= 0.6 is 24.0 Å². The van der Waals surface area contributed by atoms with Crippen molar-refractivity contribution in [3.05, 3.63) is 35.4 Å². The predicted molar refractivity (Wildman–Crippen MR) is 126 cm³/mol. The largest absolute Gasteiger partial charge is 0.382 e. The summed E-state index contributed by atoms with van der Waals surface area (Å²) in [6, 6.07) is 8.74. The summed E-state index contributed by atoms with van der Waals surface area (Å²) in [4.78, 5) is 7.18. The zero-order valence-electron chi connectivity index (χ0n) is 17.6. The SMILES string of the molecule is CCNC(=NCc1cccc(CN2CCOC(C)C2)c1)NCCCOCC.I. The van der Waals surface area contributed by atoms with Crippen LogP contribution in [0.1, 0.15) is 38.3 Å². The molecule has 1 aliphatic rings. The molecule has 1 aromatic rings. The van der Waals surface area contributed by atoms with Crippen LogP contribution in [-0.2, 0) is 22.6 Å². The maximum absolute atomic E-state index is 5.63. The summed E-state index contributed by atoms with van der Waals surface area (Å²) in [5, 5.41) is 6.68. The lowest BCUT2D eigenvalue weighted by molar-refractivity contribution is -0.0212. The Labute approximate surface area is 187 Å². The molecule has 0 amide bonds. The standard InChI is InChI=1S/C21H36N4O2.HI/c1-4-22-21(23-10-7-12-26-5-2)24-15-19-8-6-9-20(14-19)17-25-11-13-27-18(3)16-25;/h6,8-9,14,18H,4-5,7,10-13,15-17H2,1-3H3,(H2,22,23,24);1H. The van der Waals surface area contributed by atoms with Crippen LogP contribution in [0.4, 0.5) is 0 Å². The van der Waals surface area contributed by atoms with Crippen molar-refractivity contribution in [3.8, 4) is 0 Å². The first-order valence-electron chi connectivity index (χ1n) is 10.2. The van der Waals surface area contributed by atoms with Crippen LogP contribution < -0.4 is 10.6 Å². The number of hydrogen-bond donors (Lipinski definition) is 2. The molecule has 7 heteroatoms. The number of guanidine groups is 1. The van der Waals surface area contributed by atoms with Crippen LogP contribution in [-0.4, -0.2) is 63.0 Å². The molecule has 1 fully saturated rings. The number of nitrogens with one attached hydrogen (secondary N) is 2. The normalized spacial score (nSPS) is 17.8. The number of benzene rings is 1. The van der Waals surface area contributed by atoms with E-state index in [0.29, 0.717) is 12.6 Å². The lowest BCUT2D eigenvalue weighted by Crippen LogP contribution is -2.40. The molecule has 1 aliphatic heterocycles. The van der Waals surface area contributed by atoms with Crippen molar-refractivity contribution in [2.24, 2.45) is 4.99 Å². The topological polar surface area (TPSA) is 58.1 Å². The molecule has 1 atom stereocenters. The molecule has 0 bridgehead atoms. The fourth-order valence-electron chi connectivity index (χ4n) is 3.16. The summed E-state index contributed by atoms with van der Waals surface area (Å²) in [7, 11) is 0. The second-order valence-corrected chi connectivity index (χ2v) is 6.91. The number of nitrogens with zero attached hydrogens (tertiary/aromatic N) is 2. The van der Waals surface area contributed by atoms with Crippen molar-refractivity contribution in [1.29, 1.82) is 0 Å². The van der Waals surface area contributed by atoms with Gasteiger partial charge in [-0.2, -0.15) is 0 Å². The minimum absolute atomic E-state index is 0. The van der Waals surface area contributed by atoms with Crippen LogP contribution in [0.5, 0.6) is 0 Å². The average molecular weight is 504 g/mol. The molecule has 2 N–H and O–H groups in total. The summed E-state index contributed by atoms with van der Waals surface area (Å²) < 4.78 is 11.0. The van der Waals surface area contributed by atoms with E-state index in [0.717, 1.165) is 64.9 Å². The Bertz CT molecular complexity index is 571. The van der Waals surface area contributed by atoms with Gasteiger partial charge in [0.1, 0.15) is 0 Å². The number of hydrogen-bond acceptors (Lipinski definition) is 4. The third-order valence-electron chi connectivity index (χ3n) is 4.45. The smallest absolute Gasteiger partial charge is 0.191 e. The molecule has 28 heavy (non-hydrogen) atoms. The van der Waals surface area contributed by atoms with E-state index in [-0.39, 0.29) is 24.0 Å². The lowest BCUT2D eigenvalue weighted by atomic mass is 10.1.